The van der Waals surface area contributed by atoms with Crippen molar-refractivity contribution in [3.63, 3.8) is 0 Å². The number of hydrogen-bond donors (Lipinski definition) is 3. The van der Waals surface area contributed by atoms with Gasteiger partial charge in [0.1, 0.15) is 22.0 Å². The summed E-state index contributed by atoms with van der Waals surface area (Å²) in [7, 11) is -4.94. The van der Waals surface area contributed by atoms with Crippen LogP contribution in [0.15, 0.2) is 63.7 Å². The van der Waals surface area contributed by atoms with Gasteiger partial charge in [0.15, 0.2) is 5.75 Å². The van der Waals surface area contributed by atoms with E-state index in [1.807, 2.05) is 0 Å². The number of phenolic OH excluding ortho intramolecular Hbond substituents is 2. The van der Waals surface area contributed by atoms with Gasteiger partial charge in [0, 0.05) is 17.5 Å². The van der Waals surface area contributed by atoms with Gasteiger partial charge in [0.2, 0.25) is 0 Å². The van der Waals surface area contributed by atoms with Crippen LogP contribution in [0.5, 0.6) is 11.5 Å². The Morgan fingerprint density at radius 2 is 1.68 bits per heavy atom. The molecule has 3 aromatic carbocycles. The number of nitrogens with zero attached hydrogens (tertiary/aromatic N) is 3. The first-order valence-electron chi connectivity index (χ1n) is 7.30. The fraction of sp³-hybridized carbons (Fsp3) is 0. The van der Waals surface area contributed by atoms with Crippen molar-refractivity contribution >= 4 is 38.0 Å². The van der Waals surface area contributed by atoms with Crippen molar-refractivity contribution in [1.82, 2.24) is 0 Å². The maximum atomic E-state index is 11.3. The molecular weight excluding hydrogens is 401 g/mol. The van der Waals surface area contributed by atoms with E-state index in [2.05, 4.69) is 10.2 Å². The summed E-state index contributed by atoms with van der Waals surface area (Å²) >= 11 is 0. The molecule has 0 saturated carbocycles. The number of hydrogen-bond acceptors (Lipinski definition) is 8. The number of non-ortho nitro benzene ring substituents is 1. The van der Waals surface area contributed by atoms with Gasteiger partial charge in [-0.3, -0.25) is 14.7 Å². The summed E-state index contributed by atoms with van der Waals surface area (Å²) in [6.07, 6.45) is 0. The minimum absolute atomic E-state index is 0. The number of azo groups is 1. The van der Waals surface area contributed by atoms with Crippen molar-refractivity contribution in [3.05, 3.63) is 58.6 Å². The molecule has 0 aliphatic carbocycles. The summed E-state index contributed by atoms with van der Waals surface area (Å²) in [5.41, 5.74) is -1.27. The van der Waals surface area contributed by atoms with Gasteiger partial charge in [-0.15, -0.1) is 10.2 Å². The first kappa shape index (κ1) is 21.7. The van der Waals surface area contributed by atoms with Gasteiger partial charge in [-0.25, -0.2) is 0 Å². The number of fused-ring (bicyclic) bond motifs is 1. The Balaban J connectivity index is 0.00000280. The first-order valence-corrected chi connectivity index (χ1v) is 8.74. The molecule has 10 nitrogen and oxygen atoms in total. The van der Waals surface area contributed by atoms with Crippen LogP contribution in [0.2, 0.25) is 0 Å². The largest absolute Gasteiger partial charge is 1.00 e. The molecule has 0 fully saturated rings. The molecule has 0 radical (unpaired) electrons. The van der Waals surface area contributed by atoms with E-state index >= 15 is 0 Å². The average molecular weight is 412 g/mol. The number of phenols is 2. The maximum absolute atomic E-state index is 11.3. The van der Waals surface area contributed by atoms with E-state index in [1.165, 1.54) is 6.07 Å². The van der Waals surface area contributed by atoms with E-state index in [1.54, 1.807) is 30.3 Å². The fourth-order valence-corrected chi connectivity index (χ4v) is 3.03. The van der Waals surface area contributed by atoms with Gasteiger partial charge in [0.25, 0.3) is 15.8 Å². The Kier molecular flexibility index (Phi) is 6.37. The van der Waals surface area contributed by atoms with Crippen LogP contribution in [-0.2, 0) is 10.1 Å². The minimum Gasteiger partial charge on any atom is -0.506 e. The van der Waals surface area contributed by atoms with Crippen LogP contribution >= 0.6 is 0 Å². The van der Waals surface area contributed by atoms with Crippen molar-refractivity contribution in [2.45, 2.75) is 4.90 Å². The molecule has 0 aliphatic rings. The Morgan fingerprint density at radius 3 is 2.32 bits per heavy atom. The third-order valence-electron chi connectivity index (χ3n) is 3.67. The van der Waals surface area contributed by atoms with Crippen molar-refractivity contribution in [3.8, 4) is 11.5 Å². The zero-order valence-electron chi connectivity index (χ0n) is 14.3. The summed E-state index contributed by atoms with van der Waals surface area (Å²) in [4.78, 5) is 8.99. The van der Waals surface area contributed by atoms with Gasteiger partial charge >= 0.3 is 29.6 Å². The molecule has 0 aliphatic heterocycles. The second kappa shape index (κ2) is 8.20. The van der Waals surface area contributed by atoms with E-state index in [4.69, 9.17) is 4.55 Å². The molecule has 0 bridgehead atoms. The van der Waals surface area contributed by atoms with E-state index < -0.39 is 37.1 Å². The quantitative estimate of drug-likeness (QED) is 0.188. The molecule has 0 atom stereocenters. The fourth-order valence-electron chi connectivity index (χ4n) is 2.41. The van der Waals surface area contributed by atoms with E-state index in [0.29, 0.717) is 11.5 Å². The van der Waals surface area contributed by atoms with Crippen molar-refractivity contribution in [2.75, 3.05) is 0 Å². The second-order valence-corrected chi connectivity index (χ2v) is 6.79. The van der Waals surface area contributed by atoms with E-state index in [0.717, 1.165) is 11.5 Å². The SMILES string of the molecule is O=[N+]([O-])c1cc(N=Nc2c(O)ccc3ccccc23)c(O)c(S(=O)(=O)O)c1.[Na+]. The second-order valence-electron chi connectivity index (χ2n) is 5.40. The van der Waals surface area contributed by atoms with Crippen molar-refractivity contribution < 1.29 is 57.7 Å². The molecule has 0 heterocycles. The topological polar surface area (TPSA) is 163 Å². The standard InChI is InChI=1S/C16H11N3O7S.Na/c20-13-6-5-9-3-1-2-4-11(9)15(13)18-17-12-7-10(19(22)23)8-14(16(12)21)27(24,25)26;/h1-8,20-21H,(H,24,25,26);/q;+1. The van der Waals surface area contributed by atoms with Gasteiger partial charge in [0.05, 0.1) is 4.92 Å². The van der Waals surface area contributed by atoms with Crippen LogP contribution in [0.1, 0.15) is 0 Å². The Morgan fingerprint density at radius 1 is 1.00 bits per heavy atom. The molecule has 0 saturated heterocycles. The summed E-state index contributed by atoms with van der Waals surface area (Å²) in [6.45, 7) is 0. The summed E-state index contributed by atoms with van der Waals surface area (Å²) in [5.74, 6) is -1.25. The predicted octanol–water partition coefficient (Wildman–Crippen LogP) is 0.825. The zero-order chi connectivity index (χ0) is 19.8. The third kappa shape index (κ3) is 4.29. The summed E-state index contributed by atoms with van der Waals surface area (Å²) in [6, 6.07) is 11.2. The Labute approximate surface area is 180 Å². The molecule has 3 aromatic rings. The van der Waals surface area contributed by atoms with Gasteiger partial charge in [-0.1, -0.05) is 30.3 Å². The predicted molar refractivity (Wildman–Crippen MR) is 94.4 cm³/mol. The van der Waals surface area contributed by atoms with E-state index in [9.17, 15) is 28.7 Å². The minimum atomic E-state index is -4.94. The van der Waals surface area contributed by atoms with Crippen LogP contribution in [0.25, 0.3) is 10.8 Å². The van der Waals surface area contributed by atoms with Gasteiger partial charge in [-0.05, 0) is 11.5 Å². The third-order valence-corrected chi connectivity index (χ3v) is 4.53. The van der Waals surface area contributed by atoms with Crippen LogP contribution in [0, 0.1) is 10.1 Å². The molecule has 138 valence electrons. The Bertz CT molecular complexity index is 1210. The number of nitro groups is 1. The molecule has 0 spiro atoms. The number of aromatic hydroxyl groups is 2. The first-order chi connectivity index (χ1) is 12.7. The van der Waals surface area contributed by atoms with Crippen LogP contribution < -0.4 is 29.6 Å². The molecule has 0 aromatic heterocycles. The number of rotatable bonds is 4. The zero-order valence-corrected chi connectivity index (χ0v) is 17.2. The summed E-state index contributed by atoms with van der Waals surface area (Å²) < 4.78 is 31.8. The maximum Gasteiger partial charge on any atom is 1.00 e. The molecule has 3 rings (SSSR count). The van der Waals surface area contributed by atoms with Crippen LogP contribution in [-0.4, -0.2) is 28.1 Å². The normalized spacial score (nSPS) is 11.5. The molecule has 3 N–H and O–H groups in total. The van der Waals surface area contributed by atoms with Crippen LogP contribution in [0.4, 0.5) is 17.1 Å². The van der Waals surface area contributed by atoms with Crippen molar-refractivity contribution in [2.24, 2.45) is 10.2 Å². The van der Waals surface area contributed by atoms with Gasteiger partial charge < -0.3 is 10.2 Å². The smallest absolute Gasteiger partial charge is 0.506 e. The van der Waals surface area contributed by atoms with Crippen LogP contribution in [0.3, 0.4) is 0 Å². The van der Waals surface area contributed by atoms with E-state index in [-0.39, 0.29) is 41.0 Å². The summed E-state index contributed by atoms with van der Waals surface area (Å²) in [5, 5.41) is 39.7. The molecule has 0 amide bonds. The Hall–Kier alpha value is -2.57. The number of benzene rings is 3. The van der Waals surface area contributed by atoms with Gasteiger partial charge in [-0.2, -0.15) is 8.42 Å². The number of nitro benzene ring substituents is 1. The monoisotopic (exact) mass is 412 g/mol. The van der Waals surface area contributed by atoms with Crippen molar-refractivity contribution in [1.29, 1.82) is 0 Å². The average Bonchev–Trinajstić information content (AvgIpc) is 2.60. The molecular formula is C16H11N3NaO7S+. The molecule has 28 heavy (non-hydrogen) atoms. The molecule has 12 heteroatoms. The molecule has 0 unspecified atom stereocenters.